The Morgan fingerprint density at radius 1 is 1.32 bits per heavy atom. The predicted molar refractivity (Wildman–Crippen MR) is 74.2 cm³/mol. The van der Waals surface area contributed by atoms with Gasteiger partial charge in [0, 0.05) is 0 Å². The third-order valence-electron chi connectivity index (χ3n) is 3.16. The number of ketones is 1. The molecule has 4 heteroatoms. The summed E-state index contributed by atoms with van der Waals surface area (Å²) in [5.41, 5.74) is -0.568. The van der Waals surface area contributed by atoms with Crippen molar-refractivity contribution < 1.29 is 19.0 Å². The van der Waals surface area contributed by atoms with E-state index in [4.69, 9.17) is 14.2 Å². The maximum atomic E-state index is 11.9. The van der Waals surface area contributed by atoms with Gasteiger partial charge in [0.2, 0.25) is 0 Å². The highest BCUT2D eigenvalue weighted by Crippen LogP contribution is 2.21. The Balaban J connectivity index is 2.30. The summed E-state index contributed by atoms with van der Waals surface area (Å²) < 4.78 is 16.6. The minimum absolute atomic E-state index is 0.0578. The quantitative estimate of drug-likeness (QED) is 0.477. The zero-order valence-electron chi connectivity index (χ0n) is 12.7. The van der Waals surface area contributed by atoms with Gasteiger partial charge in [0.25, 0.3) is 0 Å². The van der Waals surface area contributed by atoms with E-state index >= 15 is 0 Å². The van der Waals surface area contributed by atoms with Crippen LogP contribution < -0.4 is 0 Å². The van der Waals surface area contributed by atoms with Crippen LogP contribution in [-0.2, 0) is 19.0 Å². The summed E-state index contributed by atoms with van der Waals surface area (Å²) in [4.78, 5) is 11.9. The molecule has 1 rings (SSSR count). The fourth-order valence-electron chi connectivity index (χ4n) is 1.69. The average Bonchev–Trinajstić information content (AvgIpc) is 3.08. The van der Waals surface area contributed by atoms with Crippen molar-refractivity contribution in [1.29, 1.82) is 0 Å². The van der Waals surface area contributed by atoms with Crippen LogP contribution in [0.3, 0.4) is 0 Å². The van der Waals surface area contributed by atoms with Crippen molar-refractivity contribution in [3.8, 4) is 0 Å². The van der Waals surface area contributed by atoms with E-state index < -0.39 is 5.60 Å². The molecule has 0 amide bonds. The van der Waals surface area contributed by atoms with E-state index in [-0.39, 0.29) is 17.5 Å². The molecule has 0 aromatic rings. The van der Waals surface area contributed by atoms with Crippen LogP contribution in [0.1, 0.15) is 41.0 Å². The van der Waals surface area contributed by atoms with Gasteiger partial charge in [-0.1, -0.05) is 6.58 Å². The molecule has 1 unspecified atom stereocenters. The first-order valence-electron chi connectivity index (χ1n) is 6.74. The molecular weight excluding hydrogens is 244 g/mol. The molecule has 1 aliphatic rings. The number of ether oxygens (including phenoxy) is 3. The summed E-state index contributed by atoms with van der Waals surface area (Å²) in [5, 5.41) is 0. The smallest absolute Gasteiger partial charge is 0.189 e. The highest BCUT2D eigenvalue weighted by atomic mass is 16.6. The number of Topliss-reactive ketones (excluding diaryl/α,β-unsaturated/α-hetero) is 1. The van der Waals surface area contributed by atoms with Gasteiger partial charge in [0.05, 0.1) is 25.4 Å². The fraction of sp³-hybridized carbons (Fsp3) is 0.800. The monoisotopic (exact) mass is 270 g/mol. The Labute approximate surface area is 116 Å². The Kier molecular flexibility index (Phi) is 5.30. The van der Waals surface area contributed by atoms with E-state index in [9.17, 15) is 4.79 Å². The SMILES string of the molecule is C=C(C)C(=O)C(C)(C)OCCC(C)(C)OCC1CO1. The Morgan fingerprint density at radius 2 is 1.89 bits per heavy atom. The van der Waals surface area contributed by atoms with Crippen LogP contribution in [-0.4, -0.2) is 42.9 Å². The van der Waals surface area contributed by atoms with Crippen molar-refractivity contribution in [2.45, 2.75) is 58.3 Å². The molecule has 19 heavy (non-hydrogen) atoms. The molecule has 4 nitrogen and oxygen atoms in total. The lowest BCUT2D eigenvalue weighted by atomic mass is 9.98. The summed E-state index contributed by atoms with van der Waals surface area (Å²) in [6.45, 7) is 14.9. The van der Waals surface area contributed by atoms with Gasteiger partial charge in [0.1, 0.15) is 11.7 Å². The van der Waals surface area contributed by atoms with Crippen LogP contribution in [0.5, 0.6) is 0 Å². The van der Waals surface area contributed by atoms with Crippen LogP contribution in [0.4, 0.5) is 0 Å². The third-order valence-corrected chi connectivity index (χ3v) is 3.16. The zero-order valence-corrected chi connectivity index (χ0v) is 12.7. The molecule has 1 fully saturated rings. The summed E-state index contributed by atoms with van der Waals surface area (Å²) >= 11 is 0. The second kappa shape index (κ2) is 6.16. The van der Waals surface area contributed by atoms with E-state index in [1.54, 1.807) is 20.8 Å². The molecule has 1 aliphatic heterocycles. The summed E-state index contributed by atoms with van der Waals surface area (Å²) in [5.74, 6) is -0.0578. The molecule has 0 saturated carbocycles. The van der Waals surface area contributed by atoms with Crippen LogP contribution in [0.2, 0.25) is 0 Å². The van der Waals surface area contributed by atoms with Crippen molar-refractivity contribution >= 4 is 5.78 Å². The molecule has 1 saturated heterocycles. The number of carbonyl (C=O) groups excluding carboxylic acids is 1. The average molecular weight is 270 g/mol. The molecule has 110 valence electrons. The first kappa shape index (κ1) is 16.3. The number of rotatable bonds is 9. The minimum Gasteiger partial charge on any atom is -0.373 e. The molecule has 0 N–H and O–H groups in total. The van der Waals surface area contributed by atoms with Gasteiger partial charge < -0.3 is 14.2 Å². The normalized spacial score (nSPS) is 19.3. The number of hydrogen-bond acceptors (Lipinski definition) is 4. The van der Waals surface area contributed by atoms with Gasteiger partial charge in [-0.25, -0.2) is 0 Å². The van der Waals surface area contributed by atoms with Gasteiger partial charge in [-0.2, -0.15) is 0 Å². The van der Waals surface area contributed by atoms with Crippen LogP contribution in [0.25, 0.3) is 0 Å². The highest BCUT2D eigenvalue weighted by Gasteiger charge is 2.31. The van der Waals surface area contributed by atoms with Crippen LogP contribution in [0, 0.1) is 0 Å². The summed E-state index contributed by atoms with van der Waals surface area (Å²) in [6, 6.07) is 0. The zero-order chi connectivity index (χ0) is 14.7. The van der Waals surface area contributed by atoms with Gasteiger partial charge >= 0.3 is 0 Å². The Hall–Kier alpha value is -0.710. The van der Waals surface area contributed by atoms with E-state index in [0.717, 1.165) is 13.0 Å². The van der Waals surface area contributed by atoms with Crippen molar-refractivity contribution in [2.24, 2.45) is 0 Å². The molecule has 0 aromatic heterocycles. The van der Waals surface area contributed by atoms with E-state index in [0.29, 0.717) is 18.8 Å². The predicted octanol–water partition coefficient (Wildman–Crippen LogP) is 2.51. The van der Waals surface area contributed by atoms with Crippen LogP contribution in [0.15, 0.2) is 12.2 Å². The lowest BCUT2D eigenvalue weighted by Crippen LogP contribution is -2.37. The van der Waals surface area contributed by atoms with E-state index in [1.165, 1.54) is 0 Å². The second-order valence-electron chi connectivity index (χ2n) is 6.24. The molecule has 0 spiro atoms. The summed E-state index contributed by atoms with van der Waals surface area (Å²) in [7, 11) is 0. The lowest BCUT2D eigenvalue weighted by Gasteiger charge is -2.29. The molecule has 0 radical (unpaired) electrons. The number of carbonyl (C=O) groups is 1. The topological polar surface area (TPSA) is 48.1 Å². The van der Waals surface area contributed by atoms with Gasteiger partial charge in [0.15, 0.2) is 5.78 Å². The first-order chi connectivity index (χ1) is 8.64. The van der Waals surface area contributed by atoms with Crippen LogP contribution >= 0.6 is 0 Å². The van der Waals surface area contributed by atoms with E-state index in [2.05, 4.69) is 6.58 Å². The van der Waals surface area contributed by atoms with Gasteiger partial charge in [-0.05, 0) is 46.6 Å². The highest BCUT2D eigenvalue weighted by molar-refractivity contribution is 6.00. The van der Waals surface area contributed by atoms with Gasteiger partial charge in [-0.3, -0.25) is 4.79 Å². The standard InChI is InChI=1S/C15H26O4/c1-11(2)13(16)15(5,6)18-8-7-14(3,4)19-10-12-9-17-12/h12H,1,7-10H2,2-6H3. The molecule has 1 atom stereocenters. The second-order valence-corrected chi connectivity index (χ2v) is 6.24. The molecule has 1 heterocycles. The number of hydrogen-bond donors (Lipinski definition) is 0. The molecule has 0 aliphatic carbocycles. The van der Waals surface area contributed by atoms with Gasteiger partial charge in [-0.15, -0.1) is 0 Å². The summed E-state index contributed by atoms with van der Waals surface area (Å²) in [6.07, 6.45) is 0.994. The van der Waals surface area contributed by atoms with Crippen molar-refractivity contribution in [1.82, 2.24) is 0 Å². The molecular formula is C15H26O4. The van der Waals surface area contributed by atoms with Crippen molar-refractivity contribution in [3.05, 3.63) is 12.2 Å². The third kappa shape index (κ3) is 5.85. The first-order valence-corrected chi connectivity index (χ1v) is 6.74. The Bertz CT molecular complexity index is 340. The fourth-order valence-corrected chi connectivity index (χ4v) is 1.69. The minimum atomic E-state index is -0.818. The molecule has 0 aromatic carbocycles. The largest absolute Gasteiger partial charge is 0.373 e. The maximum Gasteiger partial charge on any atom is 0.189 e. The lowest BCUT2D eigenvalue weighted by molar-refractivity contribution is -0.139. The molecule has 0 bridgehead atoms. The van der Waals surface area contributed by atoms with Crippen molar-refractivity contribution in [2.75, 3.05) is 19.8 Å². The van der Waals surface area contributed by atoms with E-state index in [1.807, 2.05) is 13.8 Å². The maximum absolute atomic E-state index is 11.9. The van der Waals surface area contributed by atoms with Crippen molar-refractivity contribution in [3.63, 3.8) is 0 Å². The Morgan fingerprint density at radius 3 is 2.37 bits per heavy atom. The number of epoxide rings is 1.